The number of aliphatic hydroxyl groups excluding tert-OH is 1. The van der Waals surface area contributed by atoms with E-state index in [-0.39, 0.29) is 24.1 Å². The maximum atomic E-state index is 11.6. The van der Waals surface area contributed by atoms with E-state index in [1.165, 1.54) is 0 Å². The first-order chi connectivity index (χ1) is 9.79. The quantitative estimate of drug-likeness (QED) is 0.753. The standard InChI is InChI=1S/C16H26N2O3/c1-12(21-13-8-6-5-7-9-13)10-17-15(20)18-11-14(19)16(2,3)4/h5-9,12,14,19H,10-11H2,1-4H3,(H2,17,18,20). The van der Waals surface area contributed by atoms with Crippen molar-refractivity contribution in [2.24, 2.45) is 5.41 Å². The third-order valence-corrected chi connectivity index (χ3v) is 3.09. The Morgan fingerprint density at radius 1 is 1.19 bits per heavy atom. The van der Waals surface area contributed by atoms with Crippen LogP contribution in [0.3, 0.4) is 0 Å². The van der Waals surface area contributed by atoms with Crippen molar-refractivity contribution in [3.63, 3.8) is 0 Å². The van der Waals surface area contributed by atoms with Crippen LogP contribution in [-0.2, 0) is 0 Å². The molecule has 0 aliphatic rings. The van der Waals surface area contributed by atoms with Crippen molar-refractivity contribution in [1.82, 2.24) is 10.6 Å². The van der Waals surface area contributed by atoms with E-state index in [4.69, 9.17) is 4.74 Å². The SMILES string of the molecule is CC(CNC(=O)NCC(O)C(C)(C)C)Oc1ccccc1. The summed E-state index contributed by atoms with van der Waals surface area (Å²) in [6.07, 6.45) is -0.716. The van der Waals surface area contributed by atoms with Gasteiger partial charge in [0, 0.05) is 6.54 Å². The summed E-state index contributed by atoms with van der Waals surface area (Å²) < 4.78 is 5.65. The van der Waals surface area contributed by atoms with Crippen LogP contribution in [0.2, 0.25) is 0 Å². The maximum Gasteiger partial charge on any atom is 0.315 e. The Hall–Kier alpha value is -1.75. The lowest BCUT2D eigenvalue weighted by Gasteiger charge is -2.26. The Morgan fingerprint density at radius 3 is 2.33 bits per heavy atom. The van der Waals surface area contributed by atoms with E-state index in [9.17, 15) is 9.90 Å². The highest BCUT2D eigenvalue weighted by Crippen LogP contribution is 2.18. The van der Waals surface area contributed by atoms with Gasteiger partial charge in [-0.15, -0.1) is 0 Å². The Labute approximate surface area is 126 Å². The van der Waals surface area contributed by atoms with Gasteiger partial charge in [-0.2, -0.15) is 0 Å². The Balaban J connectivity index is 2.24. The molecule has 0 aliphatic heterocycles. The van der Waals surface area contributed by atoms with Gasteiger partial charge in [-0.05, 0) is 24.5 Å². The van der Waals surface area contributed by atoms with Gasteiger partial charge in [-0.25, -0.2) is 4.79 Å². The first kappa shape index (κ1) is 17.3. The molecule has 0 saturated heterocycles. The first-order valence-electron chi connectivity index (χ1n) is 7.20. The number of benzene rings is 1. The monoisotopic (exact) mass is 294 g/mol. The number of nitrogens with one attached hydrogen (secondary N) is 2. The predicted octanol–water partition coefficient (Wildman–Crippen LogP) is 2.16. The van der Waals surface area contributed by atoms with E-state index >= 15 is 0 Å². The molecule has 1 aromatic carbocycles. The minimum absolute atomic E-state index is 0.134. The minimum Gasteiger partial charge on any atom is -0.489 e. The second kappa shape index (κ2) is 7.88. The molecule has 0 aromatic heterocycles. The molecule has 2 atom stereocenters. The molecule has 0 spiro atoms. The molecule has 0 bridgehead atoms. The third kappa shape index (κ3) is 6.99. The molecule has 0 fully saturated rings. The molecule has 0 aliphatic carbocycles. The van der Waals surface area contributed by atoms with Gasteiger partial charge >= 0.3 is 6.03 Å². The van der Waals surface area contributed by atoms with Crippen LogP contribution in [0.1, 0.15) is 27.7 Å². The highest BCUT2D eigenvalue weighted by Gasteiger charge is 2.22. The molecule has 21 heavy (non-hydrogen) atoms. The lowest BCUT2D eigenvalue weighted by atomic mass is 9.89. The molecular weight excluding hydrogens is 268 g/mol. The van der Waals surface area contributed by atoms with Crippen LogP contribution in [-0.4, -0.2) is 36.4 Å². The lowest BCUT2D eigenvalue weighted by Crippen LogP contribution is -2.45. The molecular formula is C16H26N2O3. The summed E-state index contributed by atoms with van der Waals surface area (Å²) in [5.74, 6) is 0.773. The number of aliphatic hydroxyl groups is 1. The van der Waals surface area contributed by atoms with Crippen LogP contribution in [0.5, 0.6) is 5.75 Å². The minimum atomic E-state index is -0.582. The average Bonchev–Trinajstić information content (AvgIpc) is 2.42. The van der Waals surface area contributed by atoms with E-state index in [1.807, 2.05) is 58.0 Å². The highest BCUT2D eigenvalue weighted by atomic mass is 16.5. The van der Waals surface area contributed by atoms with Crippen molar-refractivity contribution in [3.05, 3.63) is 30.3 Å². The molecule has 5 nitrogen and oxygen atoms in total. The maximum absolute atomic E-state index is 11.6. The number of hydrogen-bond acceptors (Lipinski definition) is 3. The van der Waals surface area contributed by atoms with Crippen LogP contribution in [0, 0.1) is 5.41 Å². The summed E-state index contributed by atoms with van der Waals surface area (Å²) in [7, 11) is 0. The molecule has 0 radical (unpaired) electrons. The zero-order valence-electron chi connectivity index (χ0n) is 13.2. The number of ether oxygens (including phenoxy) is 1. The average molecular weight is 294 g/mol. The van der Waals surface area contributed by atoms with Gasteiger partial charge in [0.15, 0.2) is 0 Å². The summed E-state index contributed by atoms with van der Waals surface area (Å²) in [6, 6.07) is 9.16. The van der Waals surface area contributed by atoms with Gasteiger partial charge < -0.3 is 20.5 Å². The number of rotatable bonds is 6. The smallest absolute Gasteiger partial charge is 0.315 e. The molecule has 2 unspecified atom stereocenters. The van der Waals surface area contributed by atoms with Gasteiger partial charge in [0.25, 0.3) is 0 Å². The summed E-state index contributed by atoms with van der Waals surface area (Å²) in [5.41, 5.74) is -0.253. The number of carbonyl (C=O) groups is 1. The number of hydrogen-bond donors (Lipinski definition) is 3. The van der Waals surface area contributed by atoms with Crippen molar-refractivity contribution in [1.29, 1.82) is 0 Å². The van der Waals surface area contributed by atoms with Gasteiger partial charge in [-0.1, -0.05) is 39.0 Å². The first-order valence-corrected chi connectivity index (χ1v) is 7.20. The van der Waals surface area contributed by atoms with Crippen molar-refractivity contribution < 1.29 is 14.6 Å². The predicted molar refractivity (Wildman–Crippen MR) is 83.4 cm³/mol. The summed E-state index contributed by atoms with van der Waals surface area (Å²) in [6.45, 7) is 8.28. The molecule has 2 amide bonds. The third-order valence-electron chi connectivity index (χ3n) is 3.09. The van der Waals surface area contributed by atoms with Crippen molar-refractivity contribution in [2.45, 2.75) is 39.9 Å². The molecule has 1 aromatic rings. The van der Waals surface area contributed by atoms with Crippen molar-refractivity contribution in [2.75, 3.05) is 13.1 Å². The Kier molecular flexibility index (Phi) is 6.49. The van der Waals surface area contributed by atoms with Gasteiger partial charge in [0.1, 0.15) is 11.9 Å². The number of amides is 2. The molecule has 0 saturated carbocycles. The van der Waals surface area contributed by atoms with Crippen LogP contribution < -0.4 is 15.4 Å². The zero-order chi connectivity index (χ0) is 15.9. The highest BCUT2D eigenvalue weighted by molar-refractivity contribution is 5.73. The second-order valence-electron chi connectivity index (χ2n) is 6.21. The summed E-state index contributed by atoms with van der Waals surface area (Å²) in [5, 5.41) is 15.2. The lowest BCUT2D eigenvalue weighted by molar-refractivity contribution is 0.0649. The van der Waals surface area contributed by atoms with Gasteiger partial charge in [-0.3, -0.25) is 0 Å². The number of urea groups is 1. The molecule has 3 N–H and O–H groups in total. The summed E-state index contributed by atoms with van der Waals surface area (Å²) in [4.78, 5) is 11.6. The van der Waals surface area contributed by atoms with E-state index in [2.05, 4.69) is 10.6 Å². The van der Waals surface area contributed by atoms with Crippen LogP contribution in [0.15, 0.2) is 30.3 Å². The second-order valence-corrected chi connectivity index (χ2v) is 6.21. The fourth-order valence-corrected chi connectivity index (χ4v) is 1.57. The Morgan fingerprint density at radius 2 is 1.76 bits per heavy atom. The molecule has 0 heterocycles. The van der Waals surface area contributed by atoms with E-state index in [1.54, 1.807) is 0 Å². The van der Waals surface area contributed by atoms with Gasteiger partial charge in [0.05, 0.1) is 12.6 Å². The van der Waals surface area contributed by atoms with Crippen molar-refractivity contribution in [3.8, 4) is 5.75 Å². The van der Waals surface area contributed by atoms with E-state index in [0.717, 1.165) is 5.75 Å². The largest absolute Gasteiger partial charge is 0.489 e. The van der Waals surface area contributed by atoms with Crippen LogP contribution >= 0.6 is 0 Å². The molecule has 5 heteroatoms. The normalized spacial score (nSPS) is 14.1. The fraction of sp³-hybridized carbons (Fsp3) is 0.562. The van der Waals surface area contributed by atoms with Crippen molar-refractivity contribution >= 4 is 6.03 Å². The Bertz CT molecular complexity index is 429. The van der Waals surface area contributed by atoms with E-state index in [0.29, 0.717) is 6.54 Å². The zero-order valence-corrected chi connectivity index (χ0v) is 13.2. The van der Waals surface area contributed by atoms with E-state index < -0.39 is 6.10 Å². The van der Waals surface area contributed by atoms with Crippen LogP contribution in [0.25, 0.3) is 0 Å². The topological polar surface area (TPSA) is 70.6 Å². The number of para-hydroxylation sites is 1. The fourth-order valence-electron chi connectivity index (χ4n) is 1.57. The summed E-state index contributed by atoms with van der Waals surface area (Å²) >= 11 is 0. The number of carbonyl (C=O) groups excluding carboxylic acids is 1. The van der Waals surface area contributed by atoms with Crippen LogP contribution in [0.4, 0.5) is 4.79 Å². The van der Waals surface area contributed by atoms with Gasteiger partial charge in [0.2, 0.25) is 0 Å². The molecule has 118 valence electrons. The molecule has 1 rings (SSSR count).